The molecule has 2 aromatic carbocycles. The van der Waals surface area contributed by atoms with Crippen molar-refractivity contribution < 1.29 is 33.4 Å². The summed E-state index contributed by atoms with van der Waals surface area (Å²) < 4.78 is 11.6. The van der Waals surface area contributed by atoms with E-state index in [2.05, 4.69) is 26.6 Å². The van der Waals surface area contributed by atoms with Gasteiger partial charge in [-0.15, -0.1) is 0 Å². The predicted molar refractivity (Wildman–Crippen MR) is 185 cm³/mol. The Labute approximate surface area is 288 Å². The third kappa shape index (κ3) is 11.2. The number of benzene rings is 2. The van der Waals surface area contributed by atoms with E-state index in [1.54, 1.807) is 0 Å². The van der Waals surface area contributed by atoms with Gasteiger partial charge >= 0.3 is 0 Å². The fourth-order valence-corrected chi connectivity index (χ4v) is 5.77. The minimum absolute atomic E-state index is 0.120. The SMILES string of the molecule is CCC(C)[C@@H]1NC(=O)[C@@H](NC(=O)[C@@H]2Cc3ccc(cc3)OCCCCC(=O)N[C@@H](C(C)C)C(=O)N2)Cc2ccc(cc2)OCCCNC1=O. The van der Waals surface area contributed by atoms with Crippen LogP contribution in [0.25, 0.3) is 0 Å². The van der Waals surface area contributed by atoms with Gasteiger partial charge in [0.15, 0.2) is 0 Å². The molecule has 4 aliphatic rings. The van der Waals surface area contributed by atoms with E-state index in [0.717, 1.165) is 11.1 Å². The first-order valence-corrected chi connectivity index (χ1v) is 17.5. The second-order valence-electron chi connectivity index (χ2n) is 13.3. The second-order valence-corrected chi connectivity index (χ2v) is 13.3. The van der Waals surface area contributed by atoms with Crippen molar-refractivity contribution in [1.82, 2.24) is 26.6 Å². The minimum Gasteiger partial charge on any atom is -0.494 e. The largest absolute Gasteiger partial charge is 0.494 e. The van der Waals surface area contributed by atoms with E-state index in [9.17, 15) is 24.0 Å². The first-order valence-electron chi connectivity index (χ1n) is 17.5. The molecule has 49 heavy (non-hydrogen) atoms. The summed E-state index contributed by atoms with van der Waals surface area (Å²) in [5, 5.41) is 14.4. The first kappa shape index (κ1) is 37.2. The molecule has 0 saturated heterocycles. The third-order valence-corrected chi connectivity index (χ3v) is 9.01. The number of fused-ring (bicyclic) bond motifs is 25. The van der Waals surface area contributed by atoms with Gasteiger partial charge in [-0.1, -0.05) is 58.4 Å². The first-order chi connectivity index (χ1) is 23.5. The number of nitrogens with one attached hydrogen (secondary N) is 5. The topological polar surface area (TPSA) is 164 Å². The fraction of sp³-hybridized carbons (Fsp3) is 0.541. The number of ether oxygens (including phenoxy) is 2. The number of amides is 5. The van der Waals surface area contributed by atoms with Crippen molar-refractivity contribution in [3.63, 3.8) is 0 Å². The van der Waals surface area contributed by atoms with Gasteiger partial charge in [0, 0.05) is 25.8 Å². The van der Waals surface area contributed by atoms with Crippen LogP contribution in [0.3, 0.4) is 0 Å². The Kier molecular flexibility index (Phi) is 13.8. The predicted octanol–water partition coefficient (Wildman–Crippen LogP) is 2.57. The van der Waals surface area contributed by atoms with Crippen LogP contribution in [0.2, 0.25) is 0 Å². The Morgan fingerprint density at radius 3 is 1.98 bits per heavy atom. The van der Waals surface area contributed by atoms with Crippen LogP contribution in [-0.2, 0) is 36.8 Å². The minimum atomic E-state index is -1.08. The molecule has 5 amide bonds. The van der Waals surface area contributed by atoms with E-state index in [4.69, 9.17) is 9.47 Å². The number of rotatable bonds is 5. The lowest BCUT2D eigenvalue weighted by atomic mass is 9.96. The van der Waals surface area contributed by atoms with Gasteiger partial charge in [0.05, 0.1) is 13.2 Å². The number of hydrogen-bond donors (Lipinski definition) is 5. The highest BCUT2D eigenvalue weighted by molar-refractivity contribution is 5.96. The maximum absolute atomic E-state index is 14.1. The molecule has 0 spiro atoms. The van der Waals surface area contributed by atoms with E-state index in [0.29, 0.717) is 56.9 Å². The molecule has 0 radical (unpaired) electrons. The molecule has 0 aromatic heterocycles. The molecule has 4 heterocycles. The molecule has 6 rings (SSSR count). The van der Waals surface area contributed by atoms with Crippen LogP contribution in [0.1, 0.15) is 70.9 Å². The maximum Gasteiger partial charge on any atom is 0.243 e. The van der Waals surface area contributed by atoms with Crippen molar-refractivity contribution in [2.75, 3.05) is 19.8 Å². The van der Waals surface area contributed by atoms with Gasteiger partial charge in [-0.3, -0.25) is 24.0 Å². The molecular weight excluding hydrogens is 626 g/mol. The monoisotopic (exact) mass is 677 g/mol. The molecule has 4 bridgehead atoms. The van der Waals surface area contributed by atoms with Crippen molar-refractivity contribution in [2.45, 2.75) is 96.8 Å². The van der Waals surface area contributed by atoms with Gasteiger partial charge in [0.1, 0.15) is 35.7 Å². The van der Waals surface area contributed by atoms with Crippen molar-refractivity contribution in [3.8, 4) is 11.5 Å². The Morgan fingerprint density at radius 2 is 1.37 bits per heavy atom. The van der Waals surface area contributed by atoms with E-state index in [-0.39, 0.29) is 42.9 Å². The zero-order chi connectivity index (χ0) is 35.3. The highest BCUT2D eigenvalue weighted by Gasteiger charge is 2.33. The molecule has 266 valence electrons. The summed E-state index contributed by atoms with van der Waals surface area (Å²) in [5.74, 6) is -1.25. The lowest BCUT2D eigenvalue weighted by Crippen LogP contribution is -2.60. The molecule has 1 unspecified atom stereocenters. The number of carbonyl (C=O) groups excluding carboxylic acids is 5. The van der Waals surface area contributed by atoms with Crippen LogP contribution in [-0.4, -0.2) is 73.5 Å². The third-order valence-electron chi connectivity index (χ3n) is 9.01. The maximum atomic E-state index is 14.1. The van der Waals surface area contributed by atoms with Crippen LogP contribution < -0.4 is 36.1 Å². The standard InChI is InChI=1S/C37H51N5O7/c1-5-24(4)33-36(46)38-18-8-20-49-28-16-12-26(13-17-28)22-30(35(45)42-33)39-34(44)29-21-25-10-14-27(15-11-25)48-19-7-6-9-31(43)41-32(23(2)3)37(47)40-29/h10-17,23-24,29-30,32-33H,5-9,18-22H2,1-4H3,(H,38,46)(H,39,44)(H,40,47)(H,41,43)(H,42,45)/t24?,29-,30-,32-,33-/m0/s1. The van der Waals surface area contributed by atoms with Gasteiger partial charge in [-0.05, 0) is 66.5 Å². The van der Waals surface area contributed by atoms with Gasteiger partial charge < -0.3 is 36.1 Å². The van der Waals surface area contributed by atoms with Crippen LogP contribution in [0.15, 0.2) is 48.5 Å². The van der Waals surface area contributed by atoms with Crippen molar-refractivity contribution in [2.24, 2.45) is 11.8 Å². The average Bonchev–Trinajstić information content (AvgIpc) is 3.09. The van der Waals surface area contributed by atoms with E-state index >= 15 is 0 Å². The number of hydrogen-bond acceptors (Lipinski definition) is 7. The van der Waals surface area contributed by atoms with Gasteiger partial charge in [-0.2, -0.15) is 0 Å². The average molecular weight is 678 g/mol. The van der Waals surface area contributed by atoms with E-state index in [1.807, 2.05) is 76.2 Å². The summed E-state index contributed by atoms with van der Waals surface area (Å²) in [6.45, 7) is 8.74. The van der Waals surface area contributed by atoms with Crippen molar-refractivity contribution in [3.05, 3.63) is 59.7 Å². The molecule has 0 saturated carbocycles. The quantitative estimate of drug-likeness (QED) is 0.325. The second kappa shape index (κ2) is 18.2. The van der Waals surface area contributed by atoms with Gasteiger partial charge in [0.2, 0.25) is 29.5 Å². The Morgan fingerprint density at radius 1 is 0.755 bits per heavy atom. The Balaban J connectivity index is 1.64. The zero-order valence-electron chi connectivity index (χ0n) is 29.0. The molecule has 12 heteroatoms. The fourth-order valence-electron chi connectivity index (χ4n) is 5.77. The molecule has 5 N–H and O–H groups in total. The Hall–Kier alpha value is -4.61. The highest BCUT2D eigenvalue weighted by Crippen LogP contribution is 2.18. The smallest absolute Gasteiger partial charge is 0.243 e. The number of carbonyl (C=O) groups is 5. The summed E-state index contributed by atoms with van der Waals surface area (Å²) in [5.41, 5.74) is 1.54. The lowest BCUT2D eigenvalue weighted by molar-refractivity contribution is -0.135. The summed E-state index contributed by atoms with van der Waals surface area (Å²) in [6, 6.07) is 10.7. The van der Waals surface area contributed by atoms with Crippen molar-refractivity contribution >= 4 is 29.5 Å². The van der Waals surface area contributed by atoms with Crippen LogP contribution in [0.4, 0.5) is 0 Å². The molecule has 2 aromatic rings. The summed E-state index contributed by atoms with van der Waals surface area (Å²) in [7, 11) is 0. The zero-order valence-corrected chi connectivity index (χ0v) is 29.0. The van der Waals surface area contributed by atoms with Crippen LogP contribution in [0, 0.1) is 11.8 Å². The molecule has 5 atom stereocenters. The van der Waals surface area contributed by atoms with Gasteiger partial charge in [0.25, 0.3) is 0 Å². The normalized spacial score (nSPS) is 23.8. The molecule has 4 aliphatic heterocycles. The Bertz CT molecular complexity index is 1430. The summed E-state index contributed by atoms with van der Waals surface area (Å²) in [4.78, 5) is 67.7. The molecule has 12 nitrogen and oxygen atoms in total. The molecular formula is C37H51N5O7. The summed E-state index contributed by atoms with van der Waals surface area (Å²) in [6.07, 6.45) is 3.01. The van der Waals surface area contributed by atoms with E-state index in [1.165, 1.54) is 0 Å². The van der Waals surface area contributed by atoms with E-state index < -0.39 is 41.9 Å². The molecule has 0 aliphatic carbocycles. The summed E-state index contributed by atoms with van der Waals surface area (Å²) >= 11 is 0. The van der Waals surface area contributed by atoms with Crippen molar-refractivity contribution in [1.29, 1.82) is 0 Å². The molecule has 0 fully saturated rings. The van der Waals surface area contributed by atoms with Crippen LogP contribution in [0.5, 0.6) is 11.5 Å². The highest BCUT2D eigenvalue weighted by atomic mass is 16.5. The lowest BCUT2D eigenvalue weighted by Gasteiger charge is -2.29. The van der Waals surface area contributed by atoms with Crippen LogP contribution >= 0.6 is 0 Å². The van der Waals surface area contributed by atoms with Gasteiger partial charge in [-0.25, -0.2) is 0 Å².